The minimum absolute atomic E-state index is 0.167. The molecular weight excluding hydrogens is 288 g/mol. The van der Waals surface area contributed by atoms with Crippen molar-refractivity contribution in [2.24, 2.45) is 0 Å². The first-order valence-electron chi connectivity index (χ1n) is 7.30. The van der Waals surface area contributed by atoms with Gasteiger partial charge in [0.25, 0.3) is 5.91 Å². The van der Waals surface area contributed by atoms with Crippen LogP contribution in [0.2, 0.25) is 0 Å². The second-order valence-corrected chi connectivity index (χ2v) is 5.18. The fraction of sp³-hybridized carbons (Fsp3) is 0.167. The lowest BCUT2D eigenvalue weighted by Crippen LogP contribution is -2.28. The summed E-state index contributed by atoms with van der Waals surface area (Å²) in [5.41, 5.74) is 2.39. The lowest BCUT2D eigenvalue weighted by Gasteiger charge is -2.15. The summed E-state index contributed by atoms with van der Waals surface area (Å²) in [6.07, 6.45) is 8.66. The van der Waals surface area contributed by atoms with Crippen molar-refractivity contribution in [3.8, 4) is 12.3 Å². The molecule has 1 atom stereocenters. The van der Waals surface area contributed by atoms with Crippen molar-refractivity contribution >= 4 is 16.9 Å². The molecule has 3 aromatic rings. The fourth-order valence-electron chi connectivity index (χ4n) is 2.53. The van der Waals surface area contributed by atoms with Crippen molar-refractivity contribution in [2.45, 2.75) is 19.5 Å². The van der Waals surface area contributed by atoms with Gasteiger partial charge >= 0.3 is 0 Å². The van der Waals surface area contributed by atoms with Gasteiger partial charge in [-0.1, -0.05) is 18.1 Å². The molecule has 23 heavy (non-hydrogen) atoms. The molecule has 0 radical (unpaired) electrons. The molecule has 0 aliphatic rings. The Morgan fingerprint density at radius 2 is 2.04 bits per heavy atom. The Kier molecular flexibility index (Phi) is 4.07. The van der Waals surface area contributed by atoms with E-state index in [4.69, 9.17) is 6.42 Å². The topological polar surface area (TPSA) is 59.8 Å². The molecule has 5 nitrogen and oxygen atoms in total. The highest BCUT2D eigenvalue weighted by Gasteiger charge is 2.18. The molecule has 1 N–H and O–H groups in total. The summed E-state index contributed by atoms with van der Waals surface area (Å²) in [5.74, 6) is 3.22. The maximum Gasteiger partial charge on any atom is 0.251 e. The average molecular weight is 304 g/mol. The number of carbonyl (C=O) groups excluding carboxylic acids is 1. The Labute approximate surface area is 134 Å². The van der Waals surface area contributed by atoms with E-state index in [0.717, 1.165) is 16.9 Å². The van der Waals surface area contributed by atoms with Gasteiger partial charge in [0.05, 0.1) is 23.6 Å². The minimum atomic E-state index is -0.267. The molecule has 0 bridgehead atoms. The number of para-hydroxylation sites is 2. The van der Waals surface area contributed by atoms with Gasteiger partial charge in [0.1, 0.15) is 5.82 Å². The first kappa shape index (κ1) is 14.8. The average Bonchev–Trinajstić information content (AvgIpc) is 2.95. The number of amides is 1. The highest BCUT2D eigenvalue weighted by molar-refractivity contribution is 5.94. The van der Waals surface area contributed by atoms with Gasteiger partial charge < -0.3 is 9.88 Å². The van der Waals surface area contributed by atoms with Crippen molar-refractivity contribution in [1.29, 1.82) is 0 Å². The summed E-state index contributed by atoms with van der Waals surface area (Å²) in [5, 5.41) is 2.95. The van der Waals surface area contributed by atoms with E-state index in [1.165, 1.54) is 0 Å². The second kappa shape index (κ2) is 6.32. The Hall–Kier alpha value is -3.13. The Morgan fingerprint density at radius 1 is 1.30 bits per heavy atom. The van der Waals surface area contributed by atoms with Crippen LogP contribution in [0.25, 0.3) is 11.0 Å². The predicted molar refractivity (Wildman–Crippen MR) is 88.7 cm³/mol. The number of pyridine rings is 1. The van der Waals surface area contributed by atoms with Crippen molar-refractivity contribution in [3.05, 3.63) is 60.2 Å². The van der Waals surface area contributed by atoms with Crippen molar-refractivity contribution in [2.75, 3.05) is 0 Å². The molecule has 0 spiro atoms. The molecule has 2 heterocycles. The Morgan fingerprint density at radius 3 is 2.78 bits per heavy atom. The molecule has 114 valence electrons. The largest absolute Gasteiger partial charge is 0.342 e. The lowest BCUT2D eigenvalue weighted by molar-refractivity contribution is 0.0937. The number of rotatable bonds is 4. The number of carbonyl (C=O) groups is 1. The number of benzene rings is 1. The number of imidazole rings is 1. The summed E-state index contributed by atoms with van der Waals surface area (Å²) < 4.78 is 1.95. The van der Waals surface area contributed by atoms with E-state index in [2.05, 4.69) is 21.2 Å². The van der Waals surface area contributed by atoms with Gasteiger partial charge in [-0.05, 0) is 31.2 Å². The van der Waals surface area contributed by atoms with Gasteiger partial charge in [0.15, 0.2) is 0 Å². The van der Waals surface area contributed by atoms with Crippen LogP contribution >= 0.6 is 0 Å². The van der Waals surface area contributed by atoms with E-state index in [9.17, 15) is 4.79 Å². The zero-order valence-electron chi connectivity index (χ0n) is 12.7. The molecule has 2 aromatic heterocycles. The second-order valence-electron chi connectivity index (χ2n) is 5.18. The predicted octanol–water partition coefficient (Wildman–Crippen LogP) is 2.56. The maximum atomic E-state index is 12.3. The number of fused-ring (bicyclic) bond motifs is 1. The van der Waals surface area contributed by atoms with Crippen LogP contribution in [0.4, 0.5) is 0 Å². The summed E-state index contributed by atoms with van der Waals surface area (Å²) >= 11 is 0. The van der Waals surface area contributed by atoms with Gasteiger partial charge in [-0.15, -0.1) is 6.42 Å². The molecule has 0 fully saturated rings. The molecular formula is C18H16N4O. The fourth-order valence-corrected chi connectivity index (χ4v) is 2.53. The highest BCUT2D eigenvalue weighted by Crippen LogP contribution is 2.20. The number of aromatic nitrogens is 3. The lowest BCUT2D eigenvalue weighted by atomic mass is 10.2. The molecule has 0 saturated heterocycles. The summed E-state index contributed by atoms with van der Waals surface area (Å²) in [6, 6.07) is 10.9. The zero-order chi connectivity index (χ0) is 16.2. The SMILES string of the molecule is C#CCn1c(C(C)NC(=O)c2ccncc2)nc2ccccc21. The molecule has 0 aliphatic heterocycles. The third-order valence-corrected chi connectivity index (χ3v) is 3.61. The highest BCUT2D eigenvalue weighted by atomic mass is 16.1. The van der Waals surface area contributed by atoms with Gasteiger partial charge in [0, 0.05) is 18.0 Å². The van der Waals surface area contributed by atoms with Crippen LogP contribution in [0.15, 0.2) is 48.8 Å². The molecule has 1 unspecified atom stereocenters. The van der Waals surface area contributed by atoms with Crippen molar-refractivity contribution in [1.82, 2.24) is 19.9 Å². The smallest absolute Gasteiger partial charge is 0.251 e. The van der Waals surface area contributed by atoms with Crippen LogP contribution in [0, 0.1) is 12.3 Å². The Bertz CT molecular complexity index is 877. The molecule has 0 aliphatic carbocycles. The van der Waals surface area contributed by atoms with E-state index in [0.29, 0.717) is 12.1 Å². The molecule has 1 amide bonds. The van der Waals surface area contributed by atoms with E-state index >= 15 is 0 Å². The Balaban J connectivity index is 1.92. The van der Waals surface area contributed by atoms with E-state index < -0.39 is 0 Å². The van der Waals surface area contributed by atoms with Crippen LogP contribution in [-0.4, -0.2) is 20.4 Å². The standard InChI is InChI=1S/C18H16N4O/c1-3-12-22-16-7-5-4-6-15(16)21-17(22)13(2)20-18(23)14-8-10-19-11-9-14/h1,4-11,13H,12H2,2H3,(H,20,23). The van der Waals surface area contributed by atoms with Gasteiger partial charge in [-0.2, -0.15) is 0 Å². The minimum Gasteiger partial charge on any atom is -0.342 e. The normalized spacial score (nSPS) is 11.8. The molecule has 3 rings (SSSR count). The van der Waals surface area contributed by atoms with Crippen LogP contribution in [0.1, 0.15) is 29.1 Å². The van der Waals surface area contributed by atoms with Crippen molar-refractivity contribution in [3.63, 3.8) is 0 Å². The van der Waals surface area contributed by atoms with E-state index in [-0.39, 0.29) is 11.9 Å². The van der Waals surface area contributed by atoms with Crippen LogP contribution < -0.4 is 5.32 Å². The summed E-state index contributed by atoms with van der Waals surface area (Å²) in [7, 11) is 0. The van der Waals surface area contributed by atoms with Gasteiger partial charge in [-0.3, -0.25) is 9.78 Å². The monoisotopic (exact) mass is 304 g/mol. The number of nitrogens with zero attached hydrogens (tertiary/aromatic N) is 3. The van der Waals surface area contributed by atoms with E-state index in [1.54, 1.807) is 24.5 Å². The number of hydrogen-bond acceptors (Lipinski definition) is 3. The number of nitrogens with one attached hydrogen (secondary N) is 1. The molecule has 5 heteroatoms. The maximum absolute atomic E-state index is 12.3. The van der Waals surface area contributed by atoms with Crippen LogP contribution in [-0.2, 0) is 6.54 Å². The van der Waals surface area contributed by atoms with Crippen LogP contribution in [0.5, 0.6) is 0 Å². The number of terminal acetylenes is 1. The molecule has 0 saturated carbocycles. The summed E-state index contributed by atoms with van der Waals surface area (Å²) in [4.78, 5) is 20.8. The van der Waals surface area contributed by atoms with Crippen LogP contribution in [0.3, 0.4) is 0 Å². The third kappa shape index (κ3) is 2.92. The van der Waals surface area contributed by atoms with Crippen molar-refractivity contribution < 1.29 is 4.79 Å². The van der Waals surface area contributed by atoms with E-state index in [1.807, 2.05) is 35.8 Å². The third-order valence-electron chi connectivity index (χ3n) is 3.61. The number of hydrogen-bond donors (Lipinski definition) is 1. The first-order valence-corrected chi connectivity index (χ1v) is 7.30. The summed E-state index contributed by atoms with van der Waals surface area (Å²) in [6.45, 7) is 2.30. The quantitative estimate of drug-likeness (QED) is 0.754. The first-order chi connectivity index (χ1) is 11.2. The molecule has 1 aromatic carbocycles. The van der Waals surface area contributed by atoms with Gasteiger partial charge in [0.2, 0.25) is 0 Å². The zero-order valence-corrected chi connectivity index (χ0v) is 12.7. The van der Waals surface area contributed by atoms with Gasteiger partial charge in [-0.25, -0.2) is 4.98 Å².